The van der Waals surface area contributed by atoms with Crippen molar-refractivity contribution in [1.82, 2.24) is 10.6 Å². The first kappa shape index (κ1) is 34.7. The Labute approximate surface area is 250 Å². The molecule has 1 heterocycles. The van der Waals surface area contributed by atoms with Gasteiger partial charge in [0.05, 0.1) is 39.6 Å². The van der Waals surface area contributed by atoms with Crippen LogP contribution < -0.4 is 20.1 Å². The van der Waals surface area contributed by atoms with Crippen LogP contribution in [0.1, 0.15) is 56.8 Å². The molecule has 0 bridgehead atoms. The maximum Gasteiger partial charge on any atom is 0.352 e. The predicted octanol–water partition coefficient (Wildman–Crippen LogP) is 6.27. The van der Waals surface area contributed by atoms with Gasteiger partial charge in [0.25, 0.3) is 0 Å². The Kier molecular flexibility index (Phi) is 15.0. The van der Waals surface area contributed by atoms with Crippen molar-refractivity contribution in [3.05, 3.63) is 59.7 Å². The molecular weight excluding hydrogens is 582 g/mol. The molecule has 0 spiro atoms. The molecule has 0 saturated carbocycles. The summed E-state index contributed by atoms with van der Waals surface area (Å²) in [5, 5.41) is 6.79. The number of benzene rings is 2. The standard InChI is InChI=1S/C29H46N2O9P2/c1-5-37-41(32,38-6-2)28-24-14-9-11-16-26(24)35-22-20-34-21-23-36-27-17-12-10-15-25(27)29(31-19-13-18-30-28)42(33,39-7-3)40-8-4/h9-12,14-17,28-31H,5-8,13,18-23H2,1-4H3. The minimum Gasteiger partial charge on any atom is -0.491 e. The topological polar surface area (TPSA) is 123 Å². The predicted molar refractivity (Wildman–Crippen MR) is 163 cm³/mol. The van der Waals surface area contributed by atoms with Crippen molar-refractivity contribution in [2.45, 2.75) is 45.7 Å². The molecule has 2 atom stereocenters. The summed E-state index contributed by atoms with van der Waals surface area (Å²) in [5.41, 5.74) is 1.34. The number of para-hydroxylation sites is 2. The first-order chi connectivity index (χ1) is 20.4. The summed E-state index contributed by atoms with van der Waals surface area (Å²) in [6, 6.07) is 14.8. The third-order valence-corrected chi connectivity index (χ3v) is 11.0. The van der Waals surface area contributed by atoms with Gasteiger partial charge in [-0.05, 0) is 59.3 Å². The van der Waals surface area contributed by atoms with E-state index in [0.717, 1.165) is 0 Å². The molecule has 0 aliphatic carbocycles. The number of fused-ring (bicyclic) bond motifs is 2. The van der Waals surface area contributed by atoms with Crippen LogP contribution >= 0.6 is 15.2 Å². The Balaban J connectivity index is 1.94. The summed E-state index contributed by atoms with van der Waals surface area (Å²) in [6.07, 6.45) is 0.587. The lowest BCUT2D eigenvalue weighted by Gasteiger charge is -2.30. The normalized spacial score (nSPS) is 19.8. The smallest absolute Gasteiger partial charge is 0.352 e. The maximum atomic E-state index is 14.0. The molecule has 2 N–H and O–H groups in total. The van der Waals surface area contributed by atoms with Crippen molar-refractivity contribution in [2.24, 2.45) is 0 Å². The van der Waals surface area contributed by atoms with Crippen molar-refractivity contribution in [1.29, 1.82) is 0 Å². The molecule has 1 aliphatic rings. The third kappa shape index (κ3) is 9.61. The van der Waals surface area contributed by atoms with Gasteiger partial charge >= 0.3 is 15.2 Å². The van der Waals surface area contributed by atoms with Crippen LogP contribution in [0, 0.1) is 0 Å². The average Bonchev–Trinajstić information content (AvgIpc) is 2.97. The van der Waals surface area contributed by atoms with Gasteiger partial charge < -0.3 is 32.3 Å². The molecule has 0 saturated heterocycles. The lowest BCUT2D eigenvalue weighted by molar-refractivity contribution is 0.0757. The van der Waals surface area contributed by atoms with Crippen molar-refractivity contribution in [3.63, 3.8) is 0 Å². The Hall–Kier alpha value is -1.78. The van der Waals surface area contributed by atoms with Crippen LogP contribution in [0.2, 0.25) is 0 Å². The van der Waals surface area contributed by atoms with Crippen LogP contribution in [0.5, 0.6) is 11.5 Å². The zero-order valence-corrected chi connectivity index (χ0v) is 26.9. The van der Waals surface area contributed by atoms with E-state index >= 15 is 0 Å². The van der Waals surface area contributed by atoms with E-state index in [2.05, 4.69) is 10.6 Å². The SMILES string of the molecule is CCOP(=O)(OCC)C1NCCCNC(P(=O)(OCC)OCC)c2ccccc2OCCOCCOc2ccccc21. The molecule has 2 unspecified atom stereocenters. The van der Waals surface area contributed by atoms with E-state index in [0.29, 0.717) is 55.4 Å². The van der Waals surface area contributed by atoms with E-state index in [1.807, 2.05) is 48.5 Å². The number of nitrogens with one attached hydrogen (secondary N) is 2. The van der Waals surface area contributed by atoms with Crippen LogP contribution in [0.15, 0.2) is 48.5 Å². The highest BCUT2D eigenvalue weighted by atomic mass is 31.2. The zero-order valence-electron chi connectivity index (χ0n) is 25.1. The van der Waals surface area contributed by atoms with Gasteiger partial charge in [-0.1, -0.05) is 36.4 Å². The minimum absolute atomic E-state index is 0.223. The number of ether oxygens (including phenoxy) is 3. The van der Waals surface area contributed by atoms with E-state index in [1.54, 1.807) is 27.7 Å². The molecule has 13 heteroatoms. The summed E-state index contributed by atoms with van der Waals surface area (Å²) in [5.74, 6) is -0.401. The summed E-state index contributed by atoms with van der Waals surface area (Å²) in [7, 11) is -7.25. The molecule has 0 radical (unpaired) electrons. The summed E-state index contributed by atoms with van der Waals surface area (Å²) in [4.78, 5) is 0. The van der Waals surface area contributed by atoms with Crippen LogP contribution in [0.25, 0.3) is 0 Å². The molecule has 42 heavy (non-hydrogen) atoms. The molecule has 236 valence electrons. The number of hydrogen-bond acceptors (Lipinski definition) is 11. The van der Waals surface area contributed by atoms with E-state index in [9.17, 15) is 9.13 Å². The summed E-state index contributed by atoms with van der Waals surface area (Å²) in [6.45, 7) is 10.1. The van der Waals surface area contributed by atoms with Crippen molar-refractivity contribution >= 4 is 15.2 Å². The Morgan fingerprint density at radius 2 is 1.02 bits per heavy atom. The lowest BCUT2D eigenvalue weighted by Crippen LogP contribution is -2.30. The first-order valence-corrected chi connectivity index (χ1v) is 17.9. The molecule has 0 amide bonds. The summed E-state index contributed by atoms with van der Waals surface area (Å²) < 4.78 is 68.9. The van der Waals surface area contributed by atoms with Crippen LogP contribution in [0.3, 0.4) is 0 Å². The van der Waals surface area contributed by atoms with Crippen LogP contribution in [0.4, 0.5) is 0 Å². The highest BCUT2D eigenvalue weighted by molar-refractivity contribution is 7.54. The second kappa shape index (κ2) is 18.1. The average molecular weight is 629 g/mol. The van der Waals surface area contributed by atoms with Gasteiger partial charge in [-0.3, -0.25) is 19.8 Å². The van der Waals surface area contributed by atoms with E-state index < -0.39 is 26.8 Å². The fourth-order valence-corrected chi connectivity index (χ4v) is 8.64. The molecular formula is C29H46N2O9P2. The number of hydrogen-bond donors (Lipinski definition) is 2. The van der Waals surface area contributed by atoms with Gasteiger partial charge in [0.15, 0.2) is 0 Å². The molecule has 2 aromatic rings. The van der Waals surface area contributed by atoms with Gasteiger partial charge in [0.2, 0.25) is 0 Å². The first-order valence-electron chi connectivity index (χ1n) is 14.7. The maximum absolute atomic E-state index is 14.0. The van der Waals surface area contributed by atoms with Crippen LogP contribution in [-0.4, -0.2) is 65.9 Å². The Morgan fingerprint density at radius 1 is 0.643 bits per heavy atom. The summed E-state index contributed by atoms with van der Waals surface area (Å²) >= 11 is 0. The quantitative estimate of drug-likeness (QED) is 0.289. The van der Waals surface area contributed by atoms with Crippen molar-refractivity contribution in [3.8, 4) is 11.5 Å². The minimum atomic E-state index is -3.62. The van der Waals surface area contributed by atoms with Gasteiger partial charge in [0.1, 0.15) is 36.3 Å². The lowest BCUT2D eigenvalue weighted by atomic mass is 10.2. The second-order valence-electron chi connectivity index (χ2n) is 9.20. The van der Waals surface area contributed by atoms with Gasteiger partial charge in [-0.25, -0.2) is 0 Å². The monoisotopic (exact) mass is 628 g/mol. The largest absolute Gasteiger partial charge is 0.491 e. The van der Waals surface area contributed by atoms with Crippen LogP contribution in [-0.2, 0) is 32.0 Å². The second-order valence-corrected chi connectivity index (χ2v) is 13.4. The molecule has 1 aliphatic heterocycles. The zero-order chi connectivity index (χ0) is 30.3. The van der Waals surface area contributed by atoms with E-state index in [-0.39, 0.29) is 39.6 Å². The molecule has 0 aromatic heterocycles. The third-order valence-electron chi connectivity index (χ3n) is 6.30. The fourth-order valence-electron chi connectivity index (χ4n) is 4.64. The van der Waals surface area contributed by atoms with E-state index in [4.69, 9.17) is 32.3 Å². The Morgan fingerprint density at radius 3 is 1.40 bits per heavy atom. The van der Waals surface area contributed by atoms with Gasteiger partial charge in [0, 0.05) is 11.1 Å². The molecule has 3 rings (SSSR count). The highest BCUT2D eigenvalue weighted by Crippen LogP contribution is 2.62. The van der Waals surface area contributed by atoms with Crippen molar-refractivity contribution < 1.29 is 41.4 Å². The Bertz CT molecular complexity index is 1060. The van der Waals surface area contributed by atoms with Crippen molar-refractivity contribution in [2.75, 3.05) is 65.9 Å². The highest BCUT2D eigenvalue weighted by Gasteiger charge is 2.40. The van der Waals surface area contributed by atoms with Gasteiger partial charge in [-0.15, -0.1) is 0 Å². The molecule has 11 nitrogen and oxygen atoms in total. The molecule has 0 fully saturated rings. The van der Waals surface area contributed by atoms with Gasteiger partial charge in [-0.2, -0.15) is 0 Å². The molecule has 2 aromatic carbocycles. The number of rotatable bonds is 10. The van der Waals surface area contributed by atoms with E-state index in [1.165, 1.54) is 0 Å². The fraction of sp³-hybridized carbons (Fsp3) is 0.586.